The number of halogens is 2. The second kappa shape index (κ2) is 7.36. The van der Waals surface area contributed by atoms with E-state index in [1.54, 1.807) is 23.1 Å². The predicted molar refractivity (Wildman–Crippen MR) is 75.1 cm³/mol. The van der Waals surface area contributed by atoms with Gasteiger partial charge in [0.25, 0.3) is 0 Å². The molecule has 1 aromatic rings. The highest BCUT2D eigenvalue weighted by Gasteiger charge is 2.33. The Morgan fingerprint density at radius 2 is 2.14 bits per heavy atom. The molecule has 116 valence electrons. The molecule has 6 heteroatoms. The van der Waals surface area contributed by atoms with Crippen LogP contribution in [0.15, 0.2) is 24.3 Å². The first kappa shape index (κ1) is 15.7. The molecule has 1 aliphatic rings. The van der Waals surface area contributed by atoms with E-state index < -0.39 is 12.8 Å². The Morgan fingerprint density at radius 1 is 1.38 bits per heavy atom. The Morgan fingerprint density at radius 3 is 2.86 bits per heavy atom. The number of hydrogen-bond donors (Lipinski definition) is 1. The van der Waals surface area contributed by atoms with Gasteiger partial charge in [0.15, 0.2) is 0 Å². The van der Waals surface area contributed by atoms with Crippen molar-refractivity contribution in [2.45, 2.75) is 39.0 Å². The zero-order valence-corrected chi connectivity index (χ0v) is 12.0. The third-order valence-electron chi connectivity index (χ3n) is 3.51. The molecule has 21 heavy (non-hydrogen) atoms. The van der Waals surface area contributed by atoms with E-state index in [4.69, 9.17) is 0 Å². The molecule has 0 spiro atoms. The number of alkyl halides is 2. The summed E-state index contributed by atoms with van der Waals surface area (Å²) in [4.78, 5) is 13.7. The first-order valence-corrected chi connectivity index (χ1v) is 7.20. The number of rotatable bonds is 7. The summed E-state index contributed by atoms with van der Waals surface area (Å²) >= 11 is 0. The van der Waals surface area contributed by atoms with Gasteiger partial charge in [0.2, 0.25) is 5.91 Å². The number of amides is 1. The summed E-state index contributed by atoms with van der Waals surface area (Å²) < 4.78 is 29.5. The highest BCUT2D eigenvalue weighted by Crippen LogP contribution is 2.31. The lowest BCUT2D eigenvalue weighted by Gasteiger charge is -2.26. The van der Waals surface area contributed by atoms with Crippen LogP contribution in [-0.2, 0) is 4.79 Å². The zero-order chi connectivity index (χ0) is 15.2. The molecule has 0 bridgehead atoms. The lowest BCUT2D eigenvalue weighted by atomic mass is 10.1. The number of para-hydroxylation sites is 1. The second-order valence-corrected chi connectivity index (χ2v) is 4.99. The largest absolute Gasteiger partial charge is 0.434 e. The van der Waals surface area contributed by atoms with Gasteiger partial charge in [-0.15, -0.1) is 0 Å². The molecular formula is C15H20F2N2O2. The van der Waals surface area contributed by atoms with Crippen molar-refractivity contribution in [2.75, 3.05) is 13.1 Å². The number of nitrogens with zero attached hydrogens (tertiary/aromatic N) is 1. The summed E-state index contributed by atoms with van der Waals surface area (Å²) in [6.07, 6.45) is 2.60. The molecule has 1 heterocycles. The summed E-state index contributed by atoms with van der Waals surface area (Å²) in [5.41, 5.74) is 0.570. The van der Waals surface area contributed by atoms with Gasteiger partial charge < -0.3 is 9.64 Å². The van der Waals surface area contributed by atoms with Crippen molar-refractivity contribution in [3.8, 4) is 5.75 Å². The van der Waals surface area contributed by atoms with Gasteiger partial charge in [0.1, 0.15) is 11.9 Å². The van der Waals surface area contributed by atoms with Crippen LogP contribution < -0.4 is 10.1 Å². The summed E-state index contributed by atoms with van der Waals surface area (Å²) in [6, 6.07) is 6.60. The van der Waals surface area contributed by atoms with Gasteiger partial charge in [-0.2, -0.15) is 8.78 Å². The highest BCUT2D eigenvalue weighted by molar-refractivity contribution is 5.81. The van der Waals surface area contributed by atoms with Crippen LogP contribution in [0.4, 0.5) is 8.78 Å². The third-order valence-corrected chi connectivity index (χ3v) is 3.51. The predicted octanol–water partition coefficient (Wildman–Crippen LogP) is 2.91. The first-order valence-electron chi connectivity index (χ1n) is 7.20. The number of ether oxygens (including phenoxy) is 1. The number of benzene rings is 1. The van der Waals surface area contributed by atoms with E-state index in [0.717, 1.165) is 19.3 Å². The fraction of sp³-hybridized carbons (Fsp3) is 0.533. The van der Waals surface area contributed by atoms with Gasteiger partial charge in [-0.1, -0.05) is 38.0 Å². The Bertz CT molecular complexity index is 482. The molecule has 0 aliphatic carbocycles. The maximum atomic E-state index is 12.5. The summed E-state index contributed by atoms with van der Waals surface area (Å²) in [6.45, 7) is 0.0531. The lowest BCUT2D eigenvalue weighted by Crippen LogP contribution is -2.31. The average Bonchev–Trinajstić information content (AvgIpc) is 2.81. The number of hydrogen-bond acceptors (Lipinski definition) is 3. The van der Waals surface area contributed by atoms with E-state index >= 15 is 0 Å². The van der Waals surface area contributed by atoms with Crippen LogP contribution in [0.2, 0.25) is 0 Å². The minimum absolute atomic E-state index is 0.0112. The smallest absolute Gasteiger partial charge is 0.387 e. The Balaban J connectivity index is 2.17. The molecule has 1 atom stereocenters. The number of nitrogens with one attached hydrogen (secondary N) is 1. The normalized spacial score (nSPS) is 18.6. The van der Waals surface area contributed by atoms with E-state index in [-0.39, 0.29) is 18.2 Å². The van der Waals surface area contributed by atoms with Crippen molar-refractivity contribution < 1.29 is 18.3 Å². The van der Waals surface area contributed by atoms with Gasteiger partial charge in [0.05, 0.1) is 6.54 Å². The highest BCUT2D eigenvalue weighted by atomic mass is 19.3. The second-order valence-electron chi connectivity index (χ2n) is 4.99. The van der Waals surface area contributed by atoms with Crippen molar-refractivity contribution in [2.24, 2.45) is 0 Å². The minimum atomic E-state index is -2.88. The molecule has 1 N–H and O–H groups in total. The molecule has 1 aliphatic heterocycles. The van der Waals surface area contributed by atoms with E-state index in [9.17, 15) is 13.6 Å². The molecule has 4 nitrogen and oxygen atoms in total. The van der Waals surface area contributed by atoms with Crippen LogP contribution in [0.1, 0.15) is 37.9 Å². The van der Waals surface area contributed by atoms with Crippen LogP contribution >= 0.6 is 0 Å². The summed E-state index contributed by atoms with van der Waals surface area (Å²) in [5.74, 6) is 0.100. The van der Waals surface area contributed by atoms with Crippen LogP contribution in [0.3, 0.4) is 0 Å². The van der Waals surface area contributed by atoms with Gasteiger partial charge in [-0.25, -0.2) is 0 Å². The van der Waals surface area contributed by atoms with Gasteiger partial charge in [-0.05, 0) is 12.5 Å². The first-order chi connectivity index (χ1) is 10.1. The van der Waals surface area contributed by atoms with E-state index in [2.05, 4.69) is 17.0 Å². The maximum absolute atomic E-state index is 12.5. The maximum Gasteiger partial charge on any atom is 0.387 e. The lowest BCUT2D eigenvalue weighted by molar-refractivity contribution is -0.128. The van der Waals surface area contributed by atoms with Crippen LogP contribution in [0, 0.1) is 0 Å². The Labute approximate surface area is 123 Å². The zero-order valence-electron chi connectivity index (χ0n) is 12.0. The monoisotopic (exact) mass is 298 g/mol. The van der Waals surface area contributed by atoms with Crippen molar-refractivity contribution in [3.63, 3.8) is 0 Å². The molecule has 1 saturated heterocycles. The van der Waals surface area contributed by atoms with E-state index in [1.165, 1.54) is 6.07 Å². The molecule has 0 aromatic heterocycles. The van der Waals surface area contributed by atoms with Gasteiger partial charge in [0, 0.05) is 12.1 Å². The van der Waals surface area contributed by atoms with E-state index in [0.29, 0.717) is 12.1 Å². The van der Waals surface area contributed by atoms with E-state index in [1.807, 2.05) is 0 Å². The molecule has 1 amide bonds. The molecule has 1 fully saturated rings. The SMILES string of the molecule is CCCCCN1C(=O)CNC1c1ccccc1OC(F)F. The Kier molecular flexibility index (Phi) is 5.50. The molecule has 0 saturated carbocycles. The van der Waals surface area contributed by atoms with Crippen molar-refractivity contribution >= 4 is 5.91 Å². The fourth-order valence-corrected chi connectivity index (χ4v) is 2.51. The quantitative estimate of drug-likeness (QED) is 0.787. The standard InChI is InChI=1S/C15H20F2N2O2/c1-2-3-6-9-19-13(20)10-18-14(19)11-7-4-5-8-12(11)21-15(16)17/h4-5,7-8,14-15,18H,2-3,6,9-10H2,1H3. The van der Waals surface area contributed by atoms with Crippen molar-refractivity contribution in [3.05, 3.63) is 29.8 Å². The number of carbonyl (C=O) groups is 1. The van der Waals surface area contributed by atoms with Crippen LogP contribution in [0.25, 0.3) is 0 Å². The number of carbonyl (C=O) groups excluding carboxylic acids is 1. The van der Waals surface area contributed by atoms with Crippen molar-refractivity contribution in [1.29, 1.82) is 0 Å². The van der Waals surface area contributed by atoms with Gasteiger partial charge >= 0.3 is 6.61 Å². The molecule has 1 unspecified atom stereocenters. The van der Waals surface area contributed by atoms with Crippen LogP contribution in [0.5, 0.6) is 5.75 Å². The number of unbranched alkanes of at least 4 members (excludes halogenated alkanes) is 2. The molecule has 0 radical (unpaired) electrons. The third kappa shape index (κ3) is 3.91. The average molecular weight is 298 g/mol. The van der Waals surface area contributed by atoms with Gasteiger partial charge in [-0.3, -0.25) is 10.1 Å². The topological polar surface area (TPSA) is 41.6 Å². The molecule has 2 rings (SSSR count). The summed E-state index contributed by atoms with van der Waals surface area (Å²) in [5, 5.41) is 3.06. The molecule has 1 aromatic carbocycles. The Hall–Kier alpha value is -1.69. The van der Waals surface area contributed by atoms with Crippen molar-refractivity contribution in [1.82, 2.24) is 10.2 Å². The minimum Gasteiger partial charge on any atom is -0.434 e. The fourth-order valence-electron chi connectivity index (χ4n) is 2.51. The molecular weight excluding hydrogens is 278 g/mol. The van der Waals surface area contributed by atoms with Crippen LogP contribution in [-0.4, -0.2) is 30.5 Å². The summed E-state index contributed by atoms with van der Waals surface area (Å²) in [7, 11) is 0.